The van der Waals surface area contributed by atoms with Crippen molar-refractivity contribution in [1.82, 2.24) is 0 Å². The van der Waals surface area contributed by atoms with Crippen molar-refractivity contribution in [2.45, 2.75) is 23.8 Å². The first-order valence-corrected chi connectivity index (χ1v) is 5.17. The molecule has 1 heterocycles. The second-order valence-electron chi connectivity index (χ2n) is 2.92. The van der Waals surface area contributed by atoms with Crippen LogP contribution < -0.4 is 4.57 Å². The van der Waals surface area contributed by atoms with E-state index in [1.54, 1.807) is 11.8 Å². The summed E-state index contributed by atoms with van der Waals surface area (Å²) < 4.78 is 2.31. The molecule has 0 radical (unpaired) electrons. The normalized spacial score (nSPS) is 16.8. The Morgan fingerprint density at radius 2 is 2.00 bits per heavy atom. The standard InChI is InChI=1S/C9H12NS/c1-11-9-4-6-10(7-5-9)8-2-3-8/h4-8H,2-3H2,1H3/q+1. The molecule has 0 unspecified atom stereocenters. The SMILES string of the molecule is CSc1cc[n+](C2CC2)cc1. The van der Waals surface area contributed by atoms with Gasteiger partial charge in [0.25, 0.3) is 0 Å². The van der Waals surface area contributed by atoms with Crippen LogP contribution >= 0.6 is 11.8 Å². The maximum Gasteiger partial charge on any atom is 0.170 e. The van der Waals surface area contributed by atoms with Crippen LogP contribution in [0, 0.1) is 0 Å². The Morgan fingerprint density at radius 1 is 1.36 bits per heavy atom. The lowest BCUT2D eigenvalue weighted by Crippen LogP contribution is -2.30. The lowest BCUT2D eigenvalue weighted by molar-refractivity contribution is -0.700. The van der Waals surface area contributed by atoms with Crippen LogP contribution in [-0.4, -0.2) is 6.26 Å². The van der Waals surface area contributed by atoms with E-state index >= 15 is 0 Å². The van der Waals surface area contributed by atoms with E-state index in [0.29, 0.717) is 0 Å². The van der Waals surface area contributed by atoms with Crippen LogP contribution in [0.4, 0.5) is 0 Å². The first kappa shape index (κ1) is 7.17. The van der Waals surface area contributed by atoms with Gasteiger partial charge in [-0.15, -0.1) is 11.8 Å². The monoisotopic (exact) mass is 166 g/mol. The van der Waals surface area contributed by atoms with Gasteiger partial charge in [-0.3, -0.25) is 0 Å². The van der Waals surface area contributed by atoms with Crippen LogP contribution in [0.15, 0.2) is 29.4 Å². The lowest BCUT2D eigenvalue weighted by atomic mass is 10.4. The molecule has 0 bridgehead atoms. The van der Waals surface area contributed by atoms with Gasteiger partial charge < -0.3 is 0 Å². The van der Waals surface area contributed by atoms with Gasteiger partial charge in [-0.05, 0) is 6.26 Å². The quantitative estimate of drug-likeness (QED) is 0.480. The molecule has 1 aliphatic carbocycles. The molecule has 1 fully saturated rings. The molecule has 2 heteroatoms. The number of rotatable bonds is 2. The number of aromatic nitrogens is 1. The topological polar surface area (TPSA) is 3.88 Å². The molecule has 0 aliphatic heterocycles. The van der Waals surface area contributed by atoms with Gasteiger partial charge in [0.15, 0.2) is 18.4 Å². The Kier molecular flexibility index (Phi) is 1.86. The van der Waals surface area contributed by atoms with E-state index in [0.717, 1.165) is 6.04 Å². The molecule has 0 N–H and O–H groups in total. The van der Waals surface area contributed by atoms with Gasteiger partial charge in [-0.25, -0.2) is 4.57 Å². The van der Waals surface area contributed by atoms with Crippen LogP contribution in [0.2, 0.25) is 0 Å². The number of hydrogen-bond donors (Lipinski definition) is 0. The number of nitrogens with zero attached hydrogens (tertiary/aromatic N) is 1. The van der Waals surface area contributed by atoms with Crippen molar-refractivity contribution in [3.05, 3.63) is 24.5 Å². The van der Waals surface area contributed by atoms with E-state index in [9.17, 15) is 0 Å². The largest absolute Gasteiger partial charge is 0.202 e. The minimum Gasteiger partial charge on any atom is -0.202 e. The maximum absolute atomic E-state index is 2.31. The second kappa shape index (κ2) is 2.86. The first-order valence-electron chi connectivity index (χ1n) is 3.95. The fourth-order valence-electron chi connectivity index (χ4n) is 1.18. The van der Waals surface area contributed by atoms with Crippen molar-refractivity contribution >= 4 is 11.8 Å². The highest BCUT2D eigenvalue weighted by Gasteiger charge is 2.30. The zero-order valence-corrected chi connectivity index (χ0v) is 7.47. The zero-order chi connectivity index (χ0) is 7.68. The smallest absolute Gasteiger partial charge is 0.170 e. The van der Waals surface area contributed by atoms with Crippen LogP contribution in [0.1, 0.15) is 18.9 Å². The van der Waals surface area contributed by atoms with E-state index in [2.05, 4.69) is 35.3 Å². The number of pyridine rings is 1. The first-order chi connectivity index (χ1) is 5.40. The predicted molar refractivity (Wildman–Crippen MR) is 46.7 cm³/mol. The van der Waals surface area contributed by atoms with Crippen LogP contribution in [0.5, 0.6) is 0 Å². The zero-order valence-electron chi connectivity index (χ0n) is 6.66. The second-order valence-corrected chi connectivity index (χ2v) is 3.80. The number of thioether (sulfide) groups is 1. The van der Waals surface area contributed by atoms with Crippen molar-refractivity contribution in [2.24, 2.45) is 0 Å². The molecule has 0 aromatic carbocycles. The summed E-state index contributed by atoms with van der Waals surface area (Å²) in [5.74, 6) is 0. The summed E-state index contributed by atoms with van der Waals surface area (Å²) in [4.78, 5) is 1.35. The van der Waals surface area contributed by atoms with Gasteiger partial charge in [0.05, 0.1) is 0 Å². The van der Waals surface area contributed by atoms with Crippen molar-refractivity contribution in [3.63, 3.8) is 0 Å². The van der Waals surface area contributed by atoms with Crippen molar-refractivity contribution < 1.29 is 4.57 Å². The predicted octanol–water partition coefficient (Wildman–Crippen LogP) is 2.03. The highest BCUT2D eigenvalue weighted by atomic mass is 32.2. The minimum atomic E-state index is 0.811. The molecule has 0 spiro atoms. The average molecular weight is 166 g/mol. The molecule has 1 aromatic heterocycles. The molecule has 1 aromatic rings. The van der Waals surface area contributed by atoms with Gasteiger partial charge in [-0.2, -0.15) is 0 Å². The molecule has 2 rings (SSSR count). The van der Waals surface area contributed by atoms with E-state index in [1.807, 2.05) is 0 Å². The molecule has 0 amide bonds. The van der Waals surface area contributed by atoms with E-state index in [-0.39, 0.29) is 0 Å². The van der Waals surface area contributed by atoms with E-state index in [4.69, 9.17) is 0 Å². The van der Waals surface area contributed by atoms with Gasteiger partial charge in [0, 0.05) is 29.9 Å². The highest BCUT2D eigenvalue weighted by Crippen LogP contribution is 2.28. The molecule has 1 saturated carbocycles. The summed E-state index contributed by atoms with van der Waals surface area (Å²) in [5.41, 5.74) is 0. The van der Waals surface area contributed by atoms with Crippen molar-refractivity contribution in [3.8, 4) is 0 Å². The third-order valence-corrected chi connectivity index (χ3v) is 2.77. The summed E-state index contributed by atoms with van der Waals surface area (Å²) in [7, 11) is 0. The molecule has 1 nitrogen and oxygen atoms in total. The molecule has 1 aliphatic rings. The third kappa shape index (κ3) is 1.56. The molecule has 58 valence electrons. The van der Waals surface area contributed by atoms with Crippen LogP contribution in [0.25, 0.3) is 0 Å². The summed E-state index contributed by atoms with van der Waals surface area (Å²) in [6.45, 7) is 0. The molecule has 11 heavy (non-hydrogen) atoms. The fourth-order valence-corrected chi connectivity index (χ4v) is 1.57. The third-order valence-electron chi connectivity index (χ3n) is 2.03. The van der Waals surface area contributed by atoms with Crippen LogP contribution in [0.3, 0.4) is 0 Å². The van der Waals surface area contributed by atoms with Gasteiger partial charge >= 0.3 is 0 Å². The van der Waals surface area contributed by atoms with Crippen LogP contribution in [-0.2, 0) is 0 Å². The van der Waals surface area contributed by atoms with Gasteiger partial charge in [0.2, 0.25) is 0 Å². The molecule has 0 atom stereocenters. The Labute approximate surface area is 71.4 Å². The summed E-state index contributed by atoms with van der Waals surface area (Å²) >= 11 is 1.80. The van der Waals surface area contributed by atoms with E-state index < -0.39 is 0 Å². The lowest BCUT2D eigenvalue weighted by Gasteiger charge is -1.94. The summed E-state index contributed by atoms with van der Waals surface area (Å²) in [6.07, 6.45) is 9.20. The maximum atomic E-state index is 2.31. The Balaban J connectivity index is 2.19. The highest BCUT2D eigenvalue weighted by molar-refractivity contribution is 7.98. The van der Waals surface area contributed by atoms with Crippen molar-refractivity contribution in [1.29, 1.82) is 0 Å². The average Bonchev–Trinajstić information content (AvgIpc) is 2.87. The molecule has 0 saturated heterocycles. The number of hydrogen-bond acceptors (Lipinski definition) is 1. The molecular formula is C9H12NS+. The molecular weight excluding hydrogens is 154 g/mol. The van der Waals surface area contributed by atoms with E-state index in [1.165, 1.54) is 17.7 Å². The summed E-state index contributed by atoms with van der Waals surface area (Å²) in [5, 5.41) is 0. The Bertz CT molecular complexity index is 238. The van der Waals surface area contributed by atoms with Gasteiger partial charge in [0.1, 0.15) is 0 Å². The van der Waals surface area contributed by atoms with Gasteiger partial charge in [-0.1, -0.05) is 0 Å². The Hall–Kier alpha value is -0.500. The Morgan fingerprint density at radius 3 is 2.45 bits per heavy atom. The fraction of sp³-hybridized carbons (Fsp3) is 0.444. The van der Waals surface area contributed by atoms with Crippen molar-refractivity contribution in [2.75, 3.05) is 6.26 Å². The minimum absolute atomic E-state index is 0.811. The summed E-state index contributed by atoms with van der Waals surface area (Å²) in [6, 6.07) is 5.18.